The quantitative estimate of drug-likeness (QED) is 0.214. The van der Waals surface area contributed by atoms with Gasteiger partial charge in [-0.25, -0.2) is 9.59 Å². The number of thioether (sulfide) groups is 1. The Morgan fingerprint density at radius 3 is 2.23 bits per heavy atom. The smallest absolute Gasteiger partial charge is 0.408 e. The van der Waals surface area contributed by atoms with Crippen molar-refractivity contribution in [2.75, 3.05) is 25.2 Å². The minimum Gasteiger partial charge on any atom is -0.464 e. The molecule has 0 saturated heterocycles. The van der Waals surface area contributed by atoms with Crippen molar-refractivity contribution in [1.82, 2.24) is 5.32 Å². The Bertz CT molecular complexity index is 377. The van der Waals surface area contributed by atoms with Crippen LogP contribution in [-0.2, 0) is 14.3 Å². The molecule has 1 amide bonds. The molecule has 0 aliphatic heterocycles. The van der Waals surface area contributed by atoms with Crippen molar-refractivity contribution in [3.63, 3.8) is 0 Å². The van der Waals surface area contributed by atoms with Crippen LogP contribution < -0.4 is 5.32 Å². The van der Waals surface area contributed by atoms with Crippen molar-refractivity contribution in [1.29, 1.82) is 0 Å². The lowest BCUT2D eigenvalue weighted by Gasteiger charge is -2.17. The number of unbranched alkanes of at least 4 members (excludes halogenated alkanes) is 8. The molecular formula is C20H37NO4S. The third-order valence-electron chi connectivity index (χ3n) is 4.01. The molecule has 0 unspecified atom stereocenters. The second-order valence-electron chi connectivity index (χ2n) is 6.36. The highest BCUT2D eigenvalue weighted by Gasteiger charge is 2.22. The van der Waals surface area contributed by atoms with Crippen molar-refractivity contribution in [3.8, 4) is 0 Å². The fraction of sp³-hybridized carbons (Fsp3) is 0.800. The molecule has 26 heavy (non-hydrogen) atoms. The molecule has 0 saturated carbocycles. The zero-order valence-electron chi connectivity index (χ0n) is 16.6. The standard InChI is InChI=1S/C20H37NO4S/c1-4-6-7-8-9-10-11-12-13-16-24-19(22)18(14-17-26-3)21-20(23)25-15-5-2/h5,18H,2,4,6-17H2,1,3H3,(H,21,23)/t18-/m0/s1. The molecule has 0 bridgehead atoms. The van der Waals surface area contributed by atoms with Crippen LogP contribution in [0.15, 0.2) is 12.7 Å². The first-order valence-corrected chi connectivity index (χ1v) is 11.2. The maximum atomic E-state index is 12.2. The van der Waals surface area contributed by atoms with Crippen LogP contribution in [0.25, 0.3) is 0 Å². The van der Waals surface area contributed by atoms with Crippen LogP contribution in [0.5, 0.6) is 0 Å². The molecule has 0 aromatic heterocycles. The van der Waals surface area contributed by atoms with Gasteiger partial charge < -0.3 is 14.8 Å². The molecule has 0 fully saturated rings. The third kappa shape index (κ3) is 15.1. The second-order valence-corrected chi connectivity index (χ2v) is 7.35. The number of rotatable bonds is 17. The Balaban J connectivity index is 3.87. The lowest BCUT2D eigenvalue weighted by molar-refractivity contribution is -0.146. The largest absolute Gasteiger partial charge is 0.464 e. The van der Waals surface area contributed by atoms with Crippen LogP contribution in [0.1, 0.15) is 71.1 Å². The predicted octanol–water partition coefficient (Wildman–Crippen LogP) is 5.09. The first-order valence-electron chi connectivity index (χ1n) is 9.85. The molecule has 1 N–H and O–H groups in total. The summed E-state index contributed by atoms with van der Waals surface area (Å²) >= 11 is 1.62. The number of alkyl carbamates (subject to hydrolysis) is 1. The summed E-state index contributed by atoms with van der Waals surface area (Å²) in [6.07, 6.45) is 14.3. The van der Waals surface area contributed by atoms with E-state index in [1.54, 1.807) is 11.8 Å². The predicted molar refractivity (Wildman–Crippen MR) is 110 cm³/mol. The van der Waals surface area contributed by atoms with E-state index in [0.717, 1.165) is 18.6 Å². The molecule has 0 heterocycles. The average molecular weight is 388 g/mol. The van der Waals surface area contributed by atoms with E-state index in [1.165, 1.54) is 51.0 Å². The lowest BCUT2D eigenvalue weighted by Crippen LogP contribution is -2.42. The number of carbonyl (C=O) groups excluding carboxylic acids is 2. The molecular weight excluding hydrogens is 350 g/mol. The summed E-state index contributed by atoms with van der Waals surface area (Å²) in [4.78, 5) is 23.8. The van der Waals surface area contributed by atoms with E-state index in [2.05, 4.69) is 18.8 Å². The SMILES string of the molecule is C=CCOC(=O)N[C@@H](CCSC)C(=O)OCCCCCCCCCCC. The van der Waals surface area contributed by atoms with Crippen LogP contribution >= 0.6 is 11.8 Å². The van der Waals surface area contributed by atoms with Gasteiger partial charge in [0.2, 0.25) is 0 Å². The van der Waals surface area contributed by atoms with Gasteiger partial charge in [0.25, 0.3) is 0 Å². The van der Waals surface area contributed by atoms with Gasteiger partial charge in [-0.3, -0.25) is 0 Å². The van der Waals surface area contributed by atoms with Crippen molar-refractivity contribution in [2.24, 2.45) is 0 Å². The summed E-state index contributed by atoms with van der Waals surface area (Å²) < 4.78 is 10.2. The van der Waals surface area contributed by atoms with Gasteiger partial charge in [-0.15, -0.1) is 0 Å². The van der Waals surface area contributed by atoms with Crippen LogP contribution in [0.3, 0.4) is 0 Å². The highest BCUT2D eigenvalue weighted by Crippen LogP contribution is 2.10. The fourth-order valence-electron chi connectivity index (χ4n) is 2.49. The molecule has 1 atom stereocenters. The molecule has 0 spiro atoms. The number of amides is 1. The zero-order valence-corrected chi connectivity index (χ0v) is 17.4. The van der Waals surface area contributed by atoms with Crippen molar-refractivity contribution in [3.05, 3.63) is 12.7 Å². The van der Waals surface area contributed by atoms with E-state index in [9.17, 15) is 9.59 Å². The normalized spacial score (nSPS) is 11.6. The average Bonchev–Trinajstić information content (AvgIpc) is 2.64. The lowest BCUT2D eigenvalue weighted by atomic mass is 10.1. The molecule has 0 rings (SSSR count). The maximum Gasteiger partial charge on any atom is 0.408 e. The van der Waals surface area contributed by atoms with Gasteiger partial charge >= 0.3 is 12.1 Å². The summed E-state index contributed by atoms with van der Waals surface area (Å²) in [6, 6.07) is -0.654. The first-order chi connectivity index (χ1) is 12.7. The molecule has 0 aliphatic rings. The minimum absolute atomic E-state index is 0.120. The summed E-state index contributed by atoms with van der Waals surface area (Å²) in [7, 11) is 0. The number of ether oxygens (including phenoxy) is 2. The number of hydrogen-bond donors (Lipinski definition) is 1. The van der Waals surface area contributed by atoms with E-state index in [1.807, 2.05) is 6.26 Å². The third-order valence-corrected chi connectivity index (χ3v) is 4.66. The van der Waals surface area contributed by atoms with Gasteiger partial charge in [-0.1, -0.05) is 70.9 Å². The molecule has 0 aromatic carbocycles. The van der Waals surface area contributed by atoms with Crippen LogP contribution in [-0.4, -0.2) is 43.3 Å². The summed E-state index contributed by atoms with van der Waals surface area (Å²) in [5.74, 6) is 0.383. The van der Waals surface area contributed by atoms with Crippen LogP contribution in [0, 0.1) is 0 Å². The highest BCUT2D eigenvalue weighted by atomic mass is 32.2. The number of carbonyl (C=O) groups is 2. The van der Waals surface area contributed by atoms with Crippen LogP contribution in [0.2, 0.25) is 0 Å². The van der Waals surface area contributed by atoms with Crippen LogP contribution in [0.4, 0.5) is 4.79 Å². The van der Waals surface area contributed by atoms with Crippen molar-refractivity contribution in [2.45, 2.75) is 77.2 Å². The Labute approximate surface area is 163 Å². The molecule has 152 valence electrons. The van der Waals surface area contributed by atoms with Gasteiger partial charge in [-0.2, -0.15) is 11.8 Å². The zero-order chi connectivity index (χ0) is 19.5. The Hall–Kier alpha value is -1.17. The Morgan fingerprint density at radius 2 is 1.65 bits per heavy atom. The van der Waals surface area contributed by atoms with Gasteiger partial charge in [0, 0.05) is 0 Å². The van der Waals surface area contributed by atoms with Gasteiger partial charge in [0.1, 0.15) is 12.6 Å². The van der Waals surface area contributed by atoms with E-state index in [4.69, 9.17) is 9.47 Å². The highest BCUT2D eigenvalue weighted by molar-refractivity contribution is 7.98. The molecule has 0 aromatic rings. The van der Waals surface area contributed by atoms with Gasteiger partial charge in [0.15, 0.2) is 0 Å². The molecule has 0 radical (unpaired) electrons. The molecule has 6 heteroatoms. The second kappa shape index (κ2) is 18.6. The monoisotopic (exact) mass is 387 g/mol. The number of nitrogens with one attached hydrogen (secondary N) is 1. The van der Waals surface area contributed by atoms with E-state index < -0.39 is 12.1 Å². The Morgan fingerprint density at radius 1 is 1.04 bits per heavy atom. The first kappa shape index (κ1) is 24.8. The number of hydrogen-bond acceptors (Lipinski definition) is 5. The number of esters is 1. The molecule has 5 nitrogen and oxygen atoms in total. The van der Waals surface area contributed by atoms with Gasteiger partial charge in [-0.05, 0) is 24.9 Å². The summed E-state index contributed by atoms with van der Waals surface area (Å²) in [5.41, 5.74) is 0. The van der Waals surface area contributed by atoms with E-state index in [-0.39, 0.29) is 12.6 Å². The minimum atomic E-state index is -0.654. The Kier molecular flexibility index (Phi) is 17.8. The van der Waals surface area contributed by atoms with Crippen molar-refractivity contribution >= 4 is 23.8 Å². The maximum absolute atomic E-state index is 12.2. The van der Waals surface area contributed by atoms with E-state index in [0.29, 0.717) is 13.0 Å². The molecule has 0 aliphatic carbocycles. The fourth-order valence-corrected chi connectivity index (χ4v) is 2.96. The van der Waals surface area contributed by atoms with Crippen molar-refractivity contribution < 1.29 is 19.1 Å². The topological polar surface area (TPSA) is 64.6 Å². The summed E-state index contributed by atoms with van der Waals surface area (Å²) in [6.45, 7) is 6.25. The van der Waals surface area contributed by atoms with E-state index >= 15 is 0 Å². The summed E-state index contributed by atoms with van der Waals surface area (Å²) in [5, 5.41) is 2.58. The van der Waals surface area contributed by atoms with Gasteiger partial charge in [0.05, 0.1) is 6.61 Å².